The summed E-state index contributed by atoms with van der Waals surface area (Å²) >= 11 is 0. The number of rotatable bonds is 3. The summed E-state index contributed by atoms with van der Waals surface area (Å²) in [5.41, 5.74) is 5.07. The molecule has 0 spiro atoms. The van der Waals surface area contributed by atoms with Gasteiger partial charge in [0.2, 0.25) is 11.8 Å². The molecule has 1 rings (SSSR count). The van der Waals surface area contributed by atoms with Crippen LogP contribution < -0.4 is 11.2 Å². The van der Waals surface area contributed by atoms with Crippen LogP contribution in [0.3, 0.4) is 0 Å². The third kappa shape index (κ3) is 3.18. The zero-order chi connectivity index (χ0) is 13.7. The molecule has 1 aromatic rings. The molecular formula is C8H7F2N5O3. The van der Waals surface area contributed by atoms with Gasteiger partial charge < -0.3 is 5.73 Å². The quantitative estimate of drug-likeness (QED) is 0.315. The summed E-state index contributed by atoms with van der Waals surface area (Å²) in [7, 11) is 0. The van der Waals surface area contributed by atoms with Gasteiger partial charge >= 0.3 is 5.69 Å². The SMILES string of the molecule is NC(=NN=Cc1cc(F)cc(F)c1[N+](=O)[O-])NO. The number of halogens is 2. The number of guanidine groups is 1. The molecule has 0 unspecified atom stereocenters. The van der Waals surface area contributed by atoms with Gasteiger partial charge in [-0.2, -0.15) is 9.49 Å². The van der Waals surface area contributed by atoms with Gasteiger partial charge in [-0.05, 0) is 6.07 Å². The lowest BCUT2D eigenvalue weighted by atomic mass is 10.2. The Hall–Kier alpha value is -2.62. The van der Waals surface area contributed by atoms with Crippen molar-refractivity contribution in [2.75, 3.05) is 0 Å². The summed E-state index contributed by atoms with van der Waals surface area (Å²) in [5, 5.41) is 25.2. The Balaban J connectivity index is 3.19. The summed E-state index contributed by atoms with van der Waals surface area (Å²) in [6.07, 6.45) is 0.731. The van der Waals surface area contributed by atoms with E-state index in [1.165, 1.54) is 5.48 Å². The Kier molecular flexibility index (Phi) is 4.21. The van der Waals surface area contributed by atoms with Crippen molar-refractivity contribution >= 4 is 17.9 Å². The minimum atomic E-state index is -1.33. The number of nitrogens with one attached hydrogen (secondary N) is 1. The van der Waals surface area contributed by atoms with Crippen molar-refractivity contribution < 1.29 is 18.9 Å². The molecule has 0 saturated carbocycles. The maximum Gasteiger partial charge on any atom is 0.313 e. The Morgan fingerprint density at radius 3 is 2.78 bits per heavy atom. The first-order chi connectivity index (χ1) is 8.45. The van der Waals surface area contributed by atoms with Crippen LogP contribution >= 0.6 is 0 Å². The van der Waals surface area contributed by atoms with Gasteiger partial charge in [0.05, 0.1) is 16.7 Å². The minimum Gasteiger partial charge on any atom is -0.367 e. The monoisotopic (exact) mass is 259 g/mol. The van der Waals surface area contributed by atoms with Gasteiger partial charge in [-0.1, -0.05) is 0 Å². The smallest absolute Gasteiger partial charge is 0.313 e. The fourth-order valence-corrected chi connectivity index (χ4v) is 1.05. The third-order valence-corrected chi connectivity index (χ3v) is 1.72. The first kappa shape index (κ1) is 13.4. The average molecular weight is 259 g/mol. The van der Waals surface area contributed by atoms with E-state index in [2.05, 4.69) is 10.2 Å². The van der Waals surface area contributed by atoms with Gasteiger partial charge in [-0.25, -0.2) is 9.87 Å². The van der Waals surface area contributed by atoms with Crippen LogP contribution in [0.25, 0.3) is 0 Å². The zero-order valence-corrected chi connectivity index (χ0v) is 8.67. The van der Waals surface area contributed by atoms with Crippen LogP contribution in [-0.2, 0) is 0 Å². The van der Waals surface area contributed by atoms with Crippen molar-refractivity contribution in [3.63, 3.8) is 0 Å². The van der Waals surface area contributed by atoms with E-state index in [1.54, 1.807) is 0 Å². The Bertz CT molecular complexity index is 532. The van der Waals surface area contributed by atoms with Crippen molar-refractivity contribution in [2.24, 2.45) is 15.9 Å². The minimum absolute atomic E-state index is 0.377. The van der Waals surface area contributed by atoms with Crippen LogP contribution in [0.5, 0.6) is 0 Å². The lowest BCUT2D eigenvalue weighted by Gasteiger charge is -1.98. The highest BCUT2D eigenvalue weighted by Crippen LogP contribution is 2.22. The molecule has 0 amide bonds. The second kappa shape index (κ2) is 5.63. The fraction of sp³-hybridized carbons (Fsp3) is 0. The first-order valence-corrected chi connectivity index (χ1v) is 4.35. The molecule has 0 aromatic heterocycles. The number of nitrogens with two attached hydrogens (primary N) is 1. The maximum atomic E-state index is 13.2. The van der Waals surface area contributed by atoms with Gasteiger partial charge in [-0.15, -0.1) is 5.10 Å². The molecule has 0 saturated heterocycles. The van der Waals surface area contributed by atoms with Crippen LogP contribution in [0.4, 0.5) is 14.5 Å². The summed E-state index contributed by atoms with van der Waals surface area (Å²) in [6, 6.07) is 1.09. The Morgan fingerprint density at radius 1 is 1.56 bits per heavy atom. The van der Waals surface area contributed by atoms with Crippen LogP contribution in [0.15, 0.2) is 22.3 Å². The van der Waals surface area contributed by atoms with E-state index < -0.39 is 33.8 Å². The number of nitro groups is 1. The van der Waals surface area contributed by atoms with Gasteiger partial charge in [0.15, 0.2) is 0 Å². The molecule has 10 heteroatoms. The zero-order valence-electron chi connectivity index (χ0n) is 8.67. The number of hydrogen-bond donors (Lipinski definition) is 3. The molecule has 0 aliphatic rings. The second-order valence-corrected chi connectivity index (χ2v) is 2.92. The van der Waals surface area contributed by atoms with Gasteiger partial charge in [0, 0.05) is 6.07 Å². The van der Waals surface area contributed by atoms with Crippen LogP contribution in [0, 0.1) is 21.7 Å². The summed E-state index contributed by atoms with van der Waals surface area (Å²) < 4.78 is 26.0. The fourth-order valence-electron chi connectivity index (χ4n) is 1.05. The Morgan fingerprint density at radius 2 is 2.22 bits per heavy atom. The molecule has 0 aliphatic carbocycles. The van der Waals surface area contributed by atoms with E-state index in [0.29, 0.717) is 12.1 Å². The lowest BCUT2D eigenvalue weighted by molar-refractivity contribution is -0.387. The number of hydroxylamine groups is 1. The molecule has 0 radical (unpaired) electrons. The largest absolute Gasteiger partial charge is 0.367 e. The van der Waals surface area contributed by atoms with Gasteiger partial charge in [0.25, 0.3) is 0 Å². The molecule has 0 atom stereocenters. The van der Waals surface area contributed by atoms with E-state index in [0.717, 1.165) is 6.21 Å². The van der Waals surface area contributed by atoms with E-state index in [4.69, 9.17) is 10.9 Å². The van der Waals surface area contributed by atoms with Crippen LogP contribution in [0.2, 0.25) is 0 Å². The number of nitrogens with zero attached hydrogens (tertiary/aromatic N) is 3. The number of benzene rings is 1. The second-order valence-electron chi connectivity index (χ2n) is 2.92. The maximum absolute atomic E-state index is 13.2. The van der Waals surface area contributed by atoms with E-state index in [-0.39, 0.29) is 0 Å². The predicted octanol–water partition coefficient (Wildman–Crippen LogP) is 0.500. The van der Waals surface area contributed by atoms with Crippen molar-refractivity contribution in [1.82, 2.24) is 5.48 Å². The molecule has 18 heavy (non-hydrogen) atoms. The van der Waals surface area contributed by atoms with Crippen molar-refractivity contribution in [1.29, 1.82) is 0 Å². The average Bonchev–Trinajstić information content (AvgIpc) is 2.27. The summed E-state index contributed by atoms with van der Waals surface area (Å²) in [6.45, 7) is 0. The molecule has 8 nitrogen and oxygen atoms in total. The predicted molar refractivity (Wildman–Crippen MR) is 57.2 cm³/mol. The van der Waals surface area contributed by atoms with Gasteiger partial charge in [-0.3, -0.25) is 15.3 Å². The van der Waals surface area contributed by atoms with Crippen molar-refractivity contribution in [3.05, 3.63) is 39.4 Å². The molecule has 0 aliphatic heterocycles. The molecule has 96 valence electrons. The number of nitro benzene ring substituents is 1. The van der Waals surface area contributed by atoms with E-state index >= 15 is 0 Å². The lowest BCUT2D eigenvalue weighted by Crippen LogP contribution is -2.27. The molecule has 0 heterocycles. The molecule has 0 bridgehead atoms. The van der Waals surface area contributed by atoms with Gasteiger partial charge in [0.1, 0.15) is 5.82 Å². The first-order valence-electron chi connectivity index (χ1n) is 4.35. The number of hydrogen-bond acceptors (Lipinski definition) is 5. The topological polar surface area (TPSA) is 126 Å². The highest BCUT2D eigenvalue weighted by atomic mass is 19.1. The van der Waals surface area contributed by atoms with Crippen molar-refractivity contribution in [3.8, 4) is 0 Å². The van der Waals surface area contributed by atoms with Crippen LogP contribution in [0.1, 0.15) is 5.56 Å². The van der Waals surface area contributed by atoms with Crippen molar-refractivity contribution in [2.45, 2.75) is 0 Å². The summed E-state index contributed by atoms with van der Waals surface area (Å²) in [5.74, 6) is -2.83. The molecule has 4 N–H and O–H groups in total. The molecular weight excluding hydrogens is 252 g/mol. The third-order valence-electron chi connectivity index (χ3n) is 1.72. The summed E-state index contributed by atoms with van der Waals surface area (Å²) in [4.78, 5) is 9.56. The Labute approximate surface area is 98.5 Å². The van der Waals surface area contributed by atoms with E-state index in [1.807, 2.05) is 0 Å². The molecule has 0 fully saturated rings. The van der Waals surface area contributed by atoms with Crippen LogP contribution in [-0.4, -0.2) is 22.3 Å². The van der Waals surface area contributed by atoms with E-state index in [9.17, 15) is 18.9 Å². The normalized spacial score (nSPS) is 11.8. The molecule has 1 aromatic carbocycles. The highest BCUT2D eigenvalue weighted by molar-refractivity contribution is 5.86. The highest BCUT2D eigenvalue weighted by Gasteiger charge is 2.20. The standard InChI is InChI=1S/C8H7F2N5O3/c9-5-1-4(3-12-13-8(11)14-16)7(15(17)18)6(10)2-5/h1-3,16H,(H3,11,13,14).